The van der Waals surface area contributed by atoms with Crippen LogP contribution in [0.4, 0.5) is 4.79 Å². The summed E-state index contributed by atoms with van der Waals surface area (Å²) in [7, 11) is 3.00. The Hall–Kier alpha value is -5.76. The molecule has 0 unspecified atom stereocenters. The molecular weight excluding hydrogens is 708 g/mol. The number of carbonyl (C=O) groups is 4. The van der Waals surface area contributed by atoms with E-state index in [9.17, 15) is 19.2 Å². The molecule has 0 radical (unpaired) electrons. The van der Waals surface area contributed by atoms with Gasteiger partial charge in [-0.3, -0.25) is 9.59 Å². The Morgan fingerprint density at radius 3 is 2.09 bits per heavy atom. The maximum Gasteiger partial charge on any atom is 0.528 e. The second kappa shape index (κ2) is 19.0. The zero-order valence-corrected chi connectivity index (χ0v) is 31.6. The van der Waals surface area contributed by atoms with Crippen LogP contribution in [0.2, 0.25) is 0 Å². The van der Waals surface area contributed by atoms with Crippen molar-refractivity contribution in [2.24, 2.45) is 0 Å². The van der Waals surface area contributed by atoms with Crippen molar-refractivity contribution in [2.45, 2.75) is 51.4 Å². The van der Waals surface area contributed by atoms with E-state index in [0.29, 0.717) is 47.6 Å². The minimum Gasteiger partial charge on any atom is -0.468 e. The van der Waals surface area contributed by atoms with E-state index < -0.39 is 35.8 Å². The molecule has 2 atom stereocenters. The Balaban J connectivity index is 1.33. The molecule has 1 heterocycles. The van der Waals surface area contributed by atoms with E-state index >= 15 is 0 Å². The van der Waals surface area contributed by atoms with Gasteiger partial charge in [0.2, 0.25) is 0 Å². The lowest BCUT2D eigenvalue weighted by atomic mass is 9.96. The third-order valence-corrected chi connectivity index (χ3v) is 8.42. The van der Waals surface area contributed by atoms with E-state index in [-0.39, 0.29) is 31.5 Å². The Kier molecular flexibility index (Phi) is 14.0. The summed E-state index contributed by atoms with van der Waals surface area (Å²) in [5, 5.41) is 4.35. The van der Waals surface area contributed by atoms with Crippen LogP contribution in [-0.4, -0.2) is 87.5 Å². The quantitative estimate of drug-likeness (QED) is 0.0817. The summed E-state index contributed by atoms with van der Waals surface area (Å²) >= 11 is 0. The molecule has 0 bridgehead atoms. The van der Waals surface area contributed by atoms with Crippen LogP contribution >= 0.6 is 0 Å². The largest absolute Gasteiger partial charge is 0.528 e. The zero-order chi connectivity index (χ0) is 39.4. The number of methoxy groups -OCH3 is 2. The predicted molar refractivity (Wildman–Crippen MR) is 202 cm³/mol. The molecule has 1 aliphatic rings. The summed E-state index contributed by atoms with van der Waals surface area (Å²) in [6.07, 6.45) is -0.858. The normalized spacial score (nSPS) is 15.9. The maximum absolute atomic E-state index is 13.8. The van der Waals surface area contributed by atoms with Gasteiger partial charge in [-0.2, -0.15) is 0 Å². The lowest BCUT2D eigenvalue weighted by Crippen LogP contribution is -2.50. The molecule has 0 aliphatic carbocycles. The molecule has 0 saturated carbocycles. The van der Waals surface area contributed by atoms with Crippen LogP contribution in [0, 0.1) is 0 Å². The van der Waals surface area contributed by atoms with E-state index in [0.717, 1.165) is 11.1 Å². The molecule has 55 heavy (non-hydrogen) atoms. The van der Waals surface area contributed by atoms with Gasteiger partial charge in [0.25, 0.3) is 5.91 Å². The fourth-order valence-electron chi connectivity index (χ4n) is 5.80. The monoisotopic (exact) mass is 754 g/mol. The number of hydrogen-bond acceptors (Lipinski definition) is 12. The van der Waals surface area contributed by atoms with Crippen LogP contribution in [0.5, 0.6) is 11.5 Å². The number of hydrogen-bond donors (Lipinski definition) is 1. The zero-order valence-electron chi connectivity index (χ0n) is 31.6. The molecule has 1 fully saturated rings. The minimum atomic E-state index is -0.890. The molecule has 0 spiro atoms. The highest BCUT2D eigenvalue weighted by Crippen LogP contribution is 2.29. The Labute approximate surface area is 320 Å². The van der Waals surface area contributed by atoms with Crippen LogP contribution < -0.4 is 14.8 Å². The lowest BCUT2D eigenvalue weighted by Gasteiger charge is -2.29. The smallest absolute Gasteiger partial charge is 0.468 e. The van der Waals surface area contributed by atoms with Crippen molar-refractivity contribution in [3.05, 3.63) is 119 Å². The number of amides is 1. The van der Waals surface area contributed by atoms with Crippen LogP contribution in [-0.2, 0) is 23.8 Å². The molecule has 13 nitrogen and oxygen atoms in total. The molecule has 4 aromatic rings. The van der Waals surface area contributed by atoms with Crippen molar-refractivity contribution < 1.29 is 52.4 Å². The van der Waals surface area contributed by atoms with Crippen molar-refractivity contribution in [3.63, 3.8) is 0 Å². The number of nitrogens with one attached hydrogen (secondary N) is 1. The first-order valence-electron chi connectivity index (χ1n) is 17.8. The van der Waals surface area contributed by atoms with Crippen molar-refractivity contribution in [3.8, 4) is 22.6 Å². The highest BCUT2D eigenvalue weighted by molar-refractivity contribution is 6.11. The topological polar surface area (TPSA) is 148 Å². The van der Waals surface area contributed by atoms with Crippen LogP contribution in [0.3, 0.4) is 0 Å². The fraction of sp³-hybridized carbons (Fsp3) is 0.333. The fourth-order valence-corrected chi connectivity index (χ4v) is 5.80. The molecule has 0 aromatic heterocycles. The second-order valence-corrected chi connectivity index (χ2v) is 13.7. The number of rotatable bonds is 14. The van der Waals surface area contributed by atoms with Gasteiger partial charge in [-0.05, 0) is 93.3 Å². The average Bonchev–Trinajstić information content (AvgIpc) is 3.36. The molecule has 290 valence electrons. The van der Waals surface area contributed by atoms with Crippen LogP contribution in [0.15, 0.2) is 97.1 Å². The lowest BCUT2D eigenvalue weighted by molar-refractivity contribution is -0.144. The summed E-state index contributed by atoms with van der Waals surface area (Å²) in [4.78, 5) is 58.9. The van der Waals surface area contributed by atoms with Crippen molar-refractivity contribution in [2.75, 3.05) is 40.9 Å². The summed E-state index contributed by atoms with van der Waals surface area (Å²) in [6, 6.07) is 26.9. The van der Waals surface area contributed by atoms with Gasteiger partial charge in [-0.25, -0.2) is 9.59 Å². The number of benzene rings is 4. The van der Waals surface area contributed by atoms with E-state index in [1.54, 1.807) is 69.3 Å². The number of carbonyl (C=O) groups excluding carboxylic acids is 4. The molecule has 4 aromatic carbocycles. The van der Waals surface area contributed by atoms with Gasteiger partial charge < -0.3 is 38.6 Å². The Bertz CT molecular complexity index is 1910. The van der Waals surface area contributed by atoms with Crippen LogP contribution in [0.1, 0.15) is 70.3 Å². The minimum absolute atomic E-state index is 0.0148. The summed E-state index contributed by atoms with van der Waals surface area (Å²) in [5.74, 6) is -0.517. The Morgan fingerprint density at radius 2 is 1.42 bits per heavy atom. The molecule has 1 amide bonds. The summed E-state index contributed by atoms with van der Waals surface area (Å²) in [5.41, 5.74) is 2.20. The average molecular weight is 755 g/mol. The molecular formula is C42H46N2O11. The van der Waals surface area contributed by atoms with E-state index in [1.165, 1.54) is 31.4 Å². The number of nitrogens with zero attached hydrogens (tertiary/aromatic N) is 1. The molecule has 13 heteroatoms. The number of hydroxylamine groups is 2. The molecule has 5 rings (SSSR count). The van der Waals surface area contributed by atoms with Gasteiger partial charge in [0.05, 0.1) is 23.7 Å². The third-order valence-electron chi connectivity index (χ3n) is 8.42. The molecule has 1 saturated heterocycles. The van der Waals surface area contributed by atoms with Crippen LogP contribution in [0.25, 0.3) is 11.1 Å². The van der Waals surface area contributed by atoms with Gasteiger partial charge in [-0.1, -0.05) is 48.5 Å². The van der Waals surface area contributed by atoms with Gasteiger partial charge in [0, 0.05) is 31.9 Å². The van der Waals surface area contributed by atoms with E-state index in [1.807, 2.05) is 36.4 Å². The second-order valence-electron chi connectivity index (χ2n) is 13.7. The highest BCUT2D eigenvalue weighted by atomic mass is 16.8. The van der Waals surface area contributed by atoms with Gasteiger partial charge in [0.15, 0.2) is 19.4 Å². The first-order valence-corrected chi connectivity index (χ1v) is 17.8. The van der Waals surface area contributed by atoms with Crippen molar-refractivity contribution in [1.29, 1.82) is 0 Å². The summed E-state index contributed by atoms with van der Waals surface area (Å²) in [6.45, 7) is 5.51. The number of ether oxygens (including phenoxy) is 6. The van der Waals surface area contributed by atoms with Gasteiger partial charge >= 0.3 is 12.1 Å². The third kappa shape index (κ3) is 11.6. The SMILES string of the molecule is COCOc1ccc(C(=O)N[C@@H]2CN(OC(=O)OC(C)(C)C)CCC[C@H]2OC(=O)c2ccc(C(=O)c3cc(-c4ccccc4)ccc3OCOC)cc2)cc1. The molecule has 1 N–H and O–H groups in total. The maximum atomic E-state index is 13.8. The number of ketones is 1. The van der Waals surface area contributed by atoms with E-state index in [2.05, 4.69) is 5.32 Å². The summed E-state index contributed by atoms with van der Waals surface area (Å²) < 4.78 is 32.5. The van der Waals surface area contributed by atoms with Gasteiger partial charge in [-0.15, -0.1) is 5.06 Å². The predicted octanol–water partition coefficient (Wildman–Crippen LogP) is 6.84. The Morgan fingerprint density at radius 1 is 0.764 bits per heavy atom. The van der Waals surface area contributed by atoms with E-state index in [4.69, 9.17) is 33.3 Å². The first-order chi connectivity index (χ1) is 26.4. The first kappa shape index (κ1) is 40.4. The standard InChI is InChI=1S/C42H46N2O11/c1-42(2,3)54-41(48)55-44-23-9-12-37(35(25-44)43-39(46)30-17-20-33(21-18-30)51-26-49-4)53-40(47)31-15-13-29(14-16-31)38(45)34-24-32(28-10-7-6-8-11-28)19-22-36(34)52-27-50-5/h6-8,10-11,13-22,24,35,37H,9,12,23,25-27H2,1-5H3,(H,43,46)/t35-,37-/m1/s1. The van der Waals surface area contributed by atoms with Gasteiger partial charge in [0.1, 0.15) is 23.2 Å². The highest BCUT2D eigenvalue weighted by Gasteiger charge is 2.34. The van der Waals surface area contributed by atoms with Crippen molar-refractivity contribution >= 4 is 23.8 Å². The van der Waals surface area contributed by atoms with Crippen molar-refractivity contribution in [1.82, 2.24) is 10.4 Å². The number of esters is 1. The molecule has 1 aliphatic heterocycles.